The van der Waals surface area contributed by atoms with Crippen LogP contribution in [-0.2, 0) is 0 Å². The molecule has 0 aliphatic carbocycles. The first kappa shape index (κ1) is 25.2. The number of benzene rings is 4. The van der Waals surface area contributed by atoms with E-state index in [-0.39, 0.29) is 17.1 Å². The molecular weight excluding hydrogens is 491 g/mol. The predicted molar refractivity (Wildman–Crippen MR) is 148 cm³/mol. The third-order valence-electron chi connectivity index (χ3n) is 5.61. The van der Waals surface area contributed by atoms with Crippen LogP contribution in [0, 0.1) is 6.92 Å². The summed E-state index contributed by atoms with van der Waals surface area (Å²) < 4.78 is 0. The first-order valence-corrected chi connectivity index (χ1v) is 12.0. The zero-order valence-corrected chi connectivity index (χ0v) is 20.9. The molecule has 4 rings (SSSR count). The van der Waals surface area contributed by atoms with Crippen LogP contribution in [0.2, 0.25) is 10.0 Å². The van der Waals surface area contributed by atoms with Gasteiger partial charge in [-0.05, 0) is 71.7 Å². The molecule has 0 aliphatic heterocycles. The molecule has 3 nitrogen and oxygen atoms in total. The largest absolute Gasteiger partial charge is 0.507 e. The summed E-state index contributed by atoms with van der Waals surface area (Å²) in [5.74, 6) is -0.916. The summed E-state index contributed by atoms with van der Waals surface area (Å²) in [6, 6.07) is 24.8. The van der Waals surface area contributed by atoms with Crippen molar-refractivity contribution in [2.75, 3.05) is 0 Å². The quantitative estimate of drug-likeness (QED) is 0.199. The minimum atomic E-state index is -0.431. The van der Waals surface area contributed by atoms with Crippen LogP contribution >= 0.6 is 23.2 Å². The lowest BCUT2D eigenvalue weighted by molar-refractivity contribution is 0.104. The maximum atomic E-state index is 13.5. The number of aromatic hydroxyl groups is 1. The Balaban J connectivity index is 1.84. The van der Waals surface area contributed by atoms with Crippen LogP contribution in [0.1, 0.15) is 37.4 Å². The third-order valence-corrected chi connectivity index (χ3v) is 6.08. The van der Waals surface area contributed by atoms with Crippen LogP contribution in [0.4, 0.5) is 0 Å². The molecule has 178 valence electrons. The van der Waals surface area contributed by atoms with Crippen molar-refractivity contribution in [1.29, 1.82) is 0 Å². The van der Waals surface area contributed by atoms with Gasteiger partial charge in [0.05, 0.1) is 5.56 Å². The number of hydrogen-bond acceptors (Lipinski definition) is 3. The van der Waals surface area contributed by atoms with E-state index in [1.165, 1.54) is 18.2 Å². The number of carbonyl (C=O) groups is 2. The molecule has 0 aromatic heterocycles. The van der Waals surface area contributed by atoms with E-state index in [0.717, 1.165) is 11.1 Å². The average Bonchev–Trinajstić information content (AvgIpc) is 2.86. The number of allylic oxidation sites excluding steroid dienone is 2. The highest BCUT2D eigenvalue weighted by Gasteiger charge is 2.24. The van der Waals surface area contributed by atoms with E-state index in [2.05, 4.69) is 0 Å². The Hall–Kier alpha value is -3.92. The zero-order valence-electron chi connectivity index (χ0n) is 19.4. The zero-order chi connectivity index (χ0) is 25.7. The van der Waals surface area contributed by atoms with Crippen molar-refractivity contribution in [3.63, 3.8) is 0 Å². The molecule has 5 heteroatoms. The second kappa shape index (κ2) is 11.2. The van der Waals surface area contributed by atoms with E-state index in [9.17, 15) is 14.7 Å². The number of carbonyl (C=O) groups excluding carboxylic acids is 2. The molecule has 0 radical (unpaired) electrons. The normalized spacial score (nSPS) is 11.3. The SMILES string of the molecule is Cc1cc(O)c(C(=O)/C=C/c2cccc(Cl)c2)c(-c2ccccc2)c1C(=O)/C=C/c1cccc(Cl)c1. The summed E-state index contributed by atoms with van der Waals surface area (Å²) in [6.45, 7) is 1.74. The lowest BCUT2D eigenvalue weighted by Crippen LogP contribution is -2.08. The topological polar surface area (TPSA) is 54.4 Å². The number of phenols is 1. The summed E-state index contributed by atoms with van der Waals surface area (Å²) in [5.41, 5.74) is 3.51. The summed E-state index contributed by atoms with van der Waals surface area (Å²) in [6.07, 6.45) is 6.13. The number of hydrogen-bond donors (Lipinski definition) is 1. The molecule has 0 bridgehead atoms. The molecule has 0 saturated carbocycles. The summed E-state index contributed by atoms with van der Waals surface area (Å²) in [7, 11) is 0. The molecular formula is C31H22Cl2O3. The third kappa shape index (κ3) is 5.83. The molecule has 0 heterocycles. The number of phenolic OH excluding ortho intramolecular Hbond substituents is 1. The Morgan fingerprint density at radius 2 is 1.22 bits per heavy atom. The highest BCUT2D eigenvalue weighted by atomic mass is 35.5. The predicted octanol–water partition coefficient (Wildman–Crippen LogP) is 8.47. The Morgan fingerprint density at radius 1 is 0.694 bits per heavy atom. The van der Waals surface area contributed by atoms with Gasteiger partial charge < -0.3 is 5.11 Å². The maximum Gasteiger partial charge on any atom is 0.190 e. The van der Waals surface area contributed by atoms with E-state index in [0.29, 0.717) is 32.3 Å². The molecule has 0 saturated heterocycles. The fraction of sp³-hybridized carbons (Fsp3) is 0.0323. The molecule has 0 spiro atoms. The Morgan fingerprint density at radius 3 is 1.75 bits per heavy atom. The van der Waals surface area contributed by atoms with Gasteiger partial charge in [0.25, 0.3) is 0 Å². The van der Waals surface area contributed by atoms with Gasteiger partial charge in [-0.25, -0.2) is 0 Å². The highest BCUT2D eigenvalue weighted by molar-refractivity contribution is 6.31. The number of ketones is 2. The second-order valence-corrected chi connectivity index (χ2v) is 9.08. The van der Waals surface area contributed by atoms with Crippen molar-refractivity contribution in [2.45, 2.75) is 6.92 Å². The fourth-order valence-electron chi connectivity index (χ4n) is 3.99. The first-order chi connectivity index (χ1) is 17.3. The molecule has 4 aromatic rings. The lowest BCUT2D eigenvalue weighted by Gasteiger charge is -2.16. The van der Waals surface area contributed by atoms with Gasteiger partial charge in [-0.3, -0.25) is 9.59 Å². The molecule has 0 aliphatic rings. The van der Waals surface area contributed by atoms with E-state index in [4.69, 9.17) is 23.2 Å². The van der Waals surface area contributed by atoms with Gasteiger partial charge in [0.15, 0.2) is 11.6 Å². The summed E-state index contributed by atoms with van der Waals surface area (Å²) in [4.78, 5) is 26.9. The molecule has 4 aromatic carbocycles. The van der Waals surface area contributed by atoms with Gasteiger partial charge >= 0.3 is 0 Å². The van der Waals surface area contributed by atoms with Crippen molar-refractivity contribution in [3.8, 4) is 16.9 Å². The van der Waals surface area contributed by atoms with E-state index in [1.54, 1.807) is 55.5 Å². The summed E-state index contributed by atoms with van der Waals surface area (Å²) in [5, 5.41) is 12.0. The maximum absolute atomic E-state index is 13.5. The standard InChI is InChI=1S/C31H22Cl2O3/c1-20-17-28(36)31(27(35)16-14-22-8-6-12-25(33)19-22)30(23-9-3-2-4-10-23)29(20)26(34)15-13-21-7-5-11-24(32)18-21/h2-19,36H,1H3/b15-13+,16-14+. The summed E-state index contributed by atoms with van der Waals surface area (Å²) >= 11 is 12.1. The van der Waals surface area contributed by atoms with Crippen LogP contribution in [0.25, 0.3) is 23.3 Å². The first-order valence-electron chi connectivity index (χ1n) is 11.2. The number of rotatable bonds is 7. The van der Waals surface area contributed by atoms with Gasteiger partial charge in [0, 0.05) is 21.2 Å². The van der Waals surface area contributed by atoms with E-state index < -0.39 is 5.78 Å². The van der Waals surface area contributed by atoms with Crippen LogP contribution in [0.3, 0.4) is 0 Å². The van der Waals surface area contributed by atoms with Crippen LogP contribution in [0.5, 0.6) is 5.75 Å². The van der Waals surface area contributed by atoms with E-state index in [1.807, 2.05) is 42.5 Å². The second-order valence-electron chi connectivity index (χ2n) is 8.21. The van der Waals surface area contributed by atoms with Crippen molar-refractivity contribution in [3.05, 3.63) is 135 Å². The van der Waals surface area contributed by atoms with Gasteiger partial charge in [0.1, 0.15) is 5.75 Å². The minimum Gasteiger partial charge on any atom is -0.507 e. The molecule has 1 N–H and O–H groups in total. The van der Waals surface area contributed by atoms with E-state index >= 15 is 0 Å². The molecule has 36 heavy (non-hydrogen) atoms. The Kier molecular flexibility index (Phi) is 7.84. The molecule has 0 amide bonds. The monoisotopic (exact) mass is 512 g/mol. The average molecular weight is 513 g/mol. The Bertz CT molecular complexity index is 1410. The van der Waals surface area contributed by atoms with Crippen molar-refractivity contribution < 1.29 is 14.7 Å². The fourth-order valence-corrected chi connectivity index (χ4v) is 4.39. The van der Waals surface area contributed by atoms with Crippen LogP contribution < -0.4 is 0 Å². The van der Waals surface area contributed by atoms with Crippen molar-refractivity contribution in [1.82, 2.24) is 0 Å². The molecule has 0 fully saturated rings. The number of aryl methyl sites for hydroxylation is 1. The molecule has 0 unspecified atom stereocenters. The van der Waals surface area contributed by atoms with Gasteiger partial charge in [0.2, 0.25) is 0 Å². The lowest BCUT2D eigenvalue weighted by atomic mass is 9.86. The van der Waals surface area contributed by atoms with Crippen LogP contribution in [0.15, 0.2) is 97.1 Å². The van der Waals surface area contributed by atoms with Crippen molar-refractivity contribution >= 4 is 46.9 Å². The van der Waals surface area contributed by atoms with Crippen molar-refractivity contribution in [2.24, 2.45) is 0 Å². The van der Waals surface area contributed by atoms with Gasteiger partial charge in [-0.15, -0.1) is 0 Å². The molecule has 0 atom stereocenters. The van der Waals surface area contributed by atoms with Gasteiger partial charge in [-0.2, -0.15) is 0 Å². The smallest absolute Gasteiger partial charge is 0.190 e. The highest BCUT2D eigenvalue weighted by Crippen LogP contribution is 2.37. The minimum absolute atomic E-state index is 0.0598. The van der Waals surface area contributed by atoms with Crippen LogP contribution in [-0.4, -0.2) is 16.7 Å². The Labute approximate surface area is 220 Å². The number of halogens is 2. The van der Waals surface area contributed by atoms with Gasteiger partial charge in [-0.1, -0.05) is 90.0 Å².